The normalized spacial score (nSPS) is 13.6. The summed E-state index contributed by atoms with van der Waals surface area (Å²) in [7, 11) is 0. The Morgan fingerprint density at radius 2 is 2.06 bits per heavy atom. The van der Waals surface area contributed by atoms with Crippen molar-refractivity contribution in [2.45, 2.75) is 32.7 Å². The molecule has 0 aliphatic heterocycles. The van der Waals surface area contributed by atoms with E-state index in [2.05, 4.69) is 4.98 Å². The fourth-order valence-corrected chi connectivity index (χ4v) is 1.13. The largest absolute Gasteiger partial charge is 0.465 e. The molecule has 1 aromatic rings. The molecular weight excluding hydrogens is 221 g/mol. The Labute approximate surface area is 91.4 Å². The van der Waals surface area contributed by atoms with Crippen LogP contribution in [0, 0.1) is 6.92 Å². The Morgan fingerprint density at radius 3 is 2.56 bits per heavy atom. The summed E-state index contributed by atoms with van der Waals surface area (Å²) < 4.78 is 41.4. The number of nitrogens with zero attached hydrogens (tertiary/aromatic N) is 1. The van der Waals surface area contributed by atoms with E-state index in [1.54, 1.807) is 13.0 Å². The van der Waals surface area contributed by atoms with Crippen molar-refractivity contribution in [3.8, 4) is 5.88 Å². The van der Waals surface area contributed by atoms with Crippen LogP contribution in [0.4, 0.5) is 13.2 Å². The Balaban J connectivity index is 2.85. The van der Waals surface area contributed by atoms with Crippen molar-refractivity contribution in [2.75, 3.05) is 0 Å². The lowest BCUT2D eigenvalue weighted by molar-refractivity contribution is -0.190. The Morgan fingerprint density at radius 1 is 1.44 bits per heavy atom. The van der Waals surface area contributed by atoms with Gasteiger partial charge in [-0.1, -0.05) is 0 Å². The molecular formula is C10H13F3N2O. The minimum Gasteiger partial charge on any atom is -0.465 e. The quantitative estimate of drug-likeness (QED) is 0.872. The molecule has 0 fully saturated rings. The van der Waals surface area contributed by atoms with Crippen LogP contribution >= 0.6 is 0 Å². The summed E-state index contributed by atoms with van der Waals surface area (Å²) in [6, 6.07) is 3.11. The van der Waals surface area contributed by atoms with Crippen molar-refractivity contribution in [1.82, 2.24) is 4.98 Å². The van der Waals surface area contributed by atoms with Crippen molar-refractivity contribution in [2.24, 2.45) is 5.73 Å². The number of aryl methyl sites for hydroxylation is 1. The van der Waals surface area contributed by atoms with E-state index in [1.165, 1.54) is 6.07 Å². The number of nitrogens with two attached hydrogens (primary N) is 1. The van der Waals surface area contributed by atoms with Crippen molar-refractivity contribution in [3.05, 3.63) is 23.4 Å². The van der Waals surface area contributed by atoms with Gasteiger partial charge in [-0.25, -0.2) is 4.98 Å². The van der Waals surface area contributed by atoms with E-state index in [-0.39, 0.29) is 12.4 Å². The first-order chi connectivity index (χ1) is 7.32. The molecule has 0 saturated carbocycles. The third-order valence-electron chi connectivity index (χ3n) is 1.98. The summed E-state index contributed by atoms with van der Waals surface area (Å²) in [5.74, 6) is -0.0507. The molecule has 1 aromatic heterocycles. The van der Waals surface area contributed by atoms with Gasteiger partial charge in [0.2, 0.25) is 5.88 Å². The van der Waals surface area contributed by atoms with Crippen molar-refractivity contribution in [1.29, 1.82) is 0 Å². The molecule has 1 rings (SSSR count). The third kappa shape index (κ3) is 3.37. The average molecular weight is 234 g/mol. The molecule has 2 N–H and O–H groups in total. The SMILES string of the molecule is Cc1cc(CN)cc(OC(C)C(F)(F)F)n1. The smallest absolute Gasteiger partial charge is 0.425 e. The minimum absolute atomic E-state index is 0.0507. The number of rotatable bonds is 3. The van der Waals surface area contributed by atoms with Crippen LogP contribution in [0.1, 0.15) is 18.2 Å². The van der Waals surface area contributed by atoms with E-state index in [0.29, 0.717) is 11.3 Å². The van der Waals surface area contributed by atoms with E-state index in [9.17, 15) is 13.2 Å². The average Bonchev–Trinajstić information content (AvgIpc) is 2.15. The van der Waals surface area contributed by atoms with Crippen molar-refractivity contribution < 1.29 is 17.9 Å². The predicted octanol–water partition coefficient (Wildman–Crippen LogP) is 2.18. The van der Waals surface area contributed by atoms with Gasteiger partial charge in [0.15, 0.2) is 6.10 Å². The van der Waals surface area contributed by atoms with Crippen molar-refractivity contribution >= 4 is 0 Å². The van der Waals surface area contributed by atoms with E-state index < -0.39 is 12.3 Å². The topological polar surface area (TPSA) is 48.1 Å². The number of pyridine rings is 1. The number of hydrogen-bond acceptors (Lipinski definition) is 3. The summed E-state index contributed by atoms with van der Waals surface area (Å²) in [6.45, 7) is 2.84. The molecule has 90 valence electrons. The van der Waals surface area contributed by atoms with Crippen LogP contribution in [0.2, 0.25) is 0 Å². The highest BCUT2D eigenvalue weighted by atomic mass is 19.4. The predicted molar refractivity (Wildman–Crippen MR) is 53.0 cm³/mol. The second-order valence-corrected chi connectivity index (χ2v) is 3.46. The number of hydrogen-bond donors (Lipinski definition) is 1. The lowest BCUT2D eigenvalue weighted by Gasteiger charge is -2.17. The summed E-state index contributed by atoms with van der Waals surface area (Å²) in [5, 5.41) is 0. The summed E-state index contributed by atoms with van der Waals surface area (Å²) >= 11 is 0. The highest BCUT2D eigenvalue weighted by Crippen LogP contribution is 2.24. The van der Waals surface area contributed by atoms with Crippen LogP contribution < -0.4 is 10.5 Å². The first-order valence-corrected chi connectivity index (χ1v) is 4.74. The third-order valence-corrected chi connectivity index (χ3v) is 1.98. The highest BCUT2D eigenvalue weighted by molar-refractivity contribution is 5.24. The molecule has 1 heterocycles. The fourth-order valence-electron chi connectivity index (χ4n) is 1.13. The maximum Gasteiger partial charge on any atom is 0.425 e. The molecule has 0 aromatic carbocycles. The van der Waals surface area contributed by atoms with Crippen molar-refractivity contribution in [3.63, 3.8) is 0 Å². The van der Waals surface area contributed by atoms with E-state index in [0.717, 1.165) is 6.92 Å². The van der Waals surface area contributed by atoms with E-state index in [1.807, 2.05) is 0 Å². The van der Waals surface area contributed by atoms with Gasteiger partial charge in [-0.05, 0) is 25.5 Å². The molecule has 3 nitrogen and oxygen atoms in total. The summed E-state index contributed by atoms with van der Waals surface area (Å²) in [4.78, 5) is 3.86. The highest BCUT2D eigenvalue weighted by Gasteiger charge is 2.38. The van der Waals surface area contributed by atoms with Gasteiger partial charge in [0.05, 0.1) is 0 Å². The Hall–Kier alpha value is -1.30. The molecule has 0 aliphatic rings. The van der Waals surface area contributed by atoms with Crippen LogP contribution in [-0.2, 0) is 6.54 Å². The molecule has 0 saturated heterocycles. The monoisotopic (exact) mass is 234 g/mol. The minimum atomic E-state index is -4.39. The maximum atomic E-state index is 12.2. The van der Waals surface area contributed by atoms with Gasteiger partial charge in [0.25, 0.3) is 0 Å². The first-order valence-electron chi connectivity index (χ1n) is 4.74. The Kier molecular flexibility index (Phi) is 3.74. The van der Waals surface area contributed by atoms with Gasteiger partial charge in [0, 0.05) is 18.3 Å². The zero-order chi connectivity index (χ0) is 12.3. The molecule has 0 radical (unpaired) electrons. The van der Waals surface area contributed by atoms with Crippen LogP contribution in [-0.4, -0.2) is 17.3 Å². The molecule has 1 atom stereocenters. The van der Waals surface area contributed by atoms with Gasteiger partial charge < -0.3 is 10.5 Å². The molecule has 0 bridgehead atoms. The number of aromatic nitrogens is 1. The van der Waals surface area contributed by atoms with Gasteiger partial charge in [-0.3, -0.25) is 0 Å². The number of halogens is 3. The Bertz CT molecular complexity index is 366. The zero-order valence-electron chi connectivity index (χ0n) is 9.01. The van der Waals surface area contributed by atoms with Crippen LogP contribution in [0.3, 0.4) is 0 Å². The molecule has 0 amide bonds. The van der Waals surface area contributed by atoms with Gasteiger partial charge in [-0.15, -0.1) is 0 Å². The fraction of sp³-hybridized carbons (Fsp3) is 0.500. The number of alkyl halides is 3. The molecule has 0 aliphatic carbocycles. The molecule has 0 spiro atoms. The van der Waals surface area contributed by atoms with Crippen LogP contribution in [0.25, 0.3) is 0 Å². The molecule has 1 unspecified atom stereocenters. The van der Waals surface area contributed by atoms with E-state index >= 15 is 0 Å². The van der Waals surface area contributed by atoms with Gasteiger partial charge in [-0.2, -0.15) is 13.2 Å². The second kappa shape index (κ2) is 4.69. The standard InChI is InChI=1S/C10H13F3N2O/c1-6-3-8(5-14)4-9(15-6)16-7(2)10(11,12)13/h3-4,7H,5,14H2,1-2H3. The van der Waals surface area contributed by atoms with Crippen LogP contribution in [0.5, 0.6) is 5.88 Å². The summed E-state index contributed by atoms with van der Waals surface area (Å²) in [5.41, 5.74) is 6.67. The van der Waals surface area contributed by atoms with Gasteiger partial charge in [0.1, 0.15) is 0 Å². The lowest BCUT2D eigenvalue weighted by atomic mass is 10.2. The zero-order valence-corrected chi connectivity index (χ0v) is 9.01. The lowest BCUT2D eigenvalue weighted by Crippen LogP contribution is -2.31. The first kappa shape index (κ1) is 12.8. The molecule has 16 heavy (non-hydrogen) atoms. The maximum absolute atomic E-state index is 12.2. The second-order valence-electron chi connectivity index (χ2n) is 3.46. The van der Waals surface area contributed by atoms with Gasteiger partial charge >= 0.3 is 6.18 Å². The van der Waals surface area contributed by atoms with Crippen LogP contribution in [0.15, 0.2) is 12.1 Å². The van der Waals surface area contributed by atoms with E-state index in [4.69, 9.17) is 10.5 Å². The molecule has 6 heteroatoms. The summed E-state index contributed by atoms with van der Waals surface area (Å²) in [6.07, 6.45) is -6.28. The number of ether oxygens (including phenoxy) is 1.